The van der Waals surface area contributed by atoms with E-state index in [0.29, 0.717) is 13.0 Å². The van der Waals surface area contributed by atoms with Gasteiger partial charge in [0.25, 0.3) is 0 Å². The summed E-state index contributed by atoms with van der Waals surface area (Å²) in [5.41, 5.74) is 2.80. The molecule has 1 N–H and O–H groups in total. The number of hydrogen-bond donors (Lipinski definition) is 1. The van der Waals surface area contributed by atoms with E-state index in [1.807, 2.05) is 48.5 Å². The SMILES string of the molecule is CCC(=O)N1CC(=O)N2[C@H](C1)[C@@H](c1ccc(C#Cc3cccc(OC)c3)cc1)[C@@H]2CO. The third-order valence-electron chi connectivity index (χ3n) is 6.12. The highest BCUT2D eigenvalue weighted by atomic mass is 16.5. The molecule has 2 saturated heterocycles. The molecule has 0 unspecified atom stereocenters. The quantitative estimate of drug-likeness (QED) is 0.772. The molecule has 31 heavy (non-hydrogen) atoms. The molecule has 2 amide bonds. The molecule has 160 valence electrons. The van der Waals surface area contributed by atoms with Crippen LogP contribution in [-0.2, 0) is 9.59 Å². The first-order chi connectivity index (χ1) is 15.0. The maximum atomic E-state index is 12.5. The zero-order valence-electron chi connectivity index (χ0n) is 17.7. The first-order valence-corrected chi connectivity index (χ1v) is 10.5. The molecule has 4 rings (SSSR count). The van der Waals surface area contributed by atoms with E-state index < -0.39 is 0 Å². The van der Waals surface area contributed by atoms with Crippen molar-refractivity contribution in [1.82, 2.24) is 9.80 Å². The molecule has 2 heterocycles. The van der Waals surface area contributed by atoms with Crippen molar-refractivity contribution in [2.75, 3.05) is 26.8 Å². The van der Waals surface area contributed by atoms with E-state index in [0.717, 1.165) is 22.4 Å². The number of carbonyl (C=O) groups is 2. The fourth-order valence-corrected chi connectivity index (χ4v) is 4.55. The van der Waals surface area contributed by atoms with Crippen LogP contribution in [0.2, 0.25) is 0 Å². The maximum absolute atomic E-state index is 12.5. The van der Waals surface area contributed by atoms with Gasteiger partial charge in [0, 0.05) is 30.0 Å². The molecule has 6 heteroatoms. The predicted octanol–water partition coefficient (Wildman–Crippen LogP) is 2.00. The topological polar surface area (TPSA) is 70.1 Å². The average molecular weight is 418 g/mol. The minimum atomic E-state index is -0.245. The van der Waals surface area contributed by atoms with Crippen molar-refractivity contribution in [3.8, 4) is 17.6 Å². The normalized spacial score (nSPS) is 22.2. The molecule has 2 aliphatic heterocycles. The van der Waals surface area contributed by atoms with Crippen LogP contribution in [0.4, 0.5) is 0 Å². The number of aliphatic hydroxyl groups excluding tert-OH is 1. The molecule has 0 aliphatic carbocycles. The number of methoxy groups -OCH3 is 1. The van der Waals surface area contributed by atoms with Crippen molar-refractivity contribution in [3.63, 3.8) is 0 Å². The van der Waals surface area contributed by atoms with E-state index in [2.05, 4.69) is 11.8 Å². The number of fused-ring (bicyclic) bond motifs is 1. The lowest BCUT2D eigenvalue weighted by Gasteiger charge is -2.58. The van der Waals surface area contributed by atoms with Gasteiger partial charge in [-0.2, -0.15) is 0 Å². The van der Waals surface area contributed by atoms with Gasteiger partial charge in [-0.15, -0.1) is 0 Å². The predicted molar refractivity (Wildman–Crippen MR) is 117 cm³/mol. The molecule has 2 aliphatic rings. The van der Waals surface area contributed by atoms with Crippen molar-refractivity contribution in [2.45, 2.75) is 31.3 Å². The van der Waals surface area contributed by atoms with Gasteiger partial charge >= 0.3 is 0 Å². The number of amides is 2. The standard InChI is InChI=1S/C25H26N2O4/c1-3-23(29)26-14-21-25(22(16-28)27(21)24(30)15-26)19-11-9-17(10-12-19)7-8-18-5-4-6-20(13-18)31-2/h4-6,9-13,21-22,25,28H,3,14-16H2,1-2H3/t21-,22+,25-/m1/s1. The zero-order chi connectivity index (χ0) is 22.0. The van der Waals surface area contributed by atoms with Crippen LogP contribution in [0.5, 0.6) is 5.75 Å². The Morgan fingerprint density at radius 2 is 1.90 bits per heavy atom. The second-order valence-corrected chi connectivity index (χ2v) is 7.88. The Kier molecular flexibility index (Phi) is 5.97. The van der Waals surface area contributed by atoms with Gasteiger partial charge in [-0.25, -0.2) is 0 Å². The van der Waals surface area contributed by atoms with Gasteiger partial charge in [0.1, 0.15) is 5.75 Å². The first-order valence-electron chi connectivity index (χ1n) is 10.5. The van der Waals surface area contributed by atoms with E-state index >= 15 is 0 Å². The van der Waals surface area contributed by atoms with Gasteiger partial charge in [0.05, 0.1) is 32.3 Å². The molecule has 6 nitrogen and oxygen atoms in total. The third kappa shape index (κ3) is 4.01. The van der Waals surface area contributed by atoms with E-state index in [1.54, 1.807) is 23.8 Å². The molecule has 0 radical (unpaired) electrons. The third-order valence-corrected chi connectivity index (χ3v) is 6.12. The summed E-state index contributed by atoms with van der Waals surface area (Å²) in [6, 6.07) is 15.2. The molecule has 0 bridgehead atoms. The number of nitrogens with zero attached hydrogens (tertiary/aromatic N) is 2. The van der Waals surface area contributed by atoms with Crippen molar-refractivity contribution in [1.29, 1.82) is 0 Å². The molecular weight excluding hydrogens is 392 g/mol. The van der Waals surface area contributed by atoms with Gasteiger partial charge in [-0.3, -0.25) is 9.59 Å². The van der Waals surface area contributed by atoms with Crippen molar-refractivity contribution in [2.24, 2.45) is 0 Å². The Balaban J connectivity index is 1.52. The number of rotatable bonds is 4. The molecule has 2 fully saturated rings. The monoisotopic (exact) mass is 418 g/mol. The average Bonchev–Trinajstić information content (AvgIpc) is 2.79. The Morgan fingerprint density at radius 1 is 1.16 bits per heavy atom. The highest BCUT2D eigenvalue weighted by molar-refractivity contribution is 5.87. The summed E-state index contributed by atoms with van der Waals surface area (Å²) in [5, 5.41) is 9.90. The van der Waals surface area contributed by atoms with E-state index in [9.17, 15) is 14.7 Å². The van der Waals surface area contributed by atoms with Crippen LogP contribution in [0.1, 0.15) is 36.0 Å². The lowest BCUT2D eigenvalue weighted by Crippen LogP contribution is -2.73. The molecule has 0 spiro atoms. The van der Waals surface area contributed by atoms with E-state index in [-0.39, 0.29) is 43.0 Å². The summed E-state index contributed by atoms with van der Waals surface area (Å²) >= 11 is 0. The highest BCUT2D eigenvalue weighted by Gasteiger charge is 2.54. The van der Waals surface area contributed by atoms with Gasteiger partial charge in [-0.05, 0) is 35.9 Å². The number of benzene rings is 2. The van der Waals surface area contributed by atoms with Crippen LogP contribution in [0.15, 0.2) is 48.5 Å². The molecule has 0 saturated carbocycles. The van der Waals surface area contributed by atoms with Gasteiger partial charge in [0.2, 0.25) is 11.8 Å². The molecule has 2 aromatic rings. The van der Waals surface area contributed by atoms with Crippen molar-refractivity contribution >= 4 is 11.8 Å². The highest BCUT2D eigenvalue weighted by Crippen LogP contribution is 2.42. The minimum absolute atomic E-state index is 0.00167. The summed E-state index contributed by atoms with van der Waals surface area (Å²) in [7, 11) is 1.63. The fraction of sp³-hybridized carbons (Fsp3) is 0.360. The van der Waals surface area contributed by atoms with Gasteiger partial charge in [-0.1, -0.05) is 37.0 Å². The molecule has 3 atom stereocenters. The summed E-state index contributed by atoms with van der Waals surface area (Å²) in [6.07, 6.45) is 0.384. The Labute approximate surface area is 182 Å². The summed E-state index contributed by atoms with van der Waals surface area (Å²) in [5.74, 6) is 6.97. The van der Waals surface area contributed by atoms with Gasteiger partial charge in [0.15, 0.2) is 0 Å². The number of aliphatic hydroxyl groups is 1. The molecular formula is C25H26N2O4. The largest absolute Gasteiger partial charge is 0.497 e. The Hall–Kier alpha value is -3.30. The van der Waals surface area contributed by atoms with Crippen LogP contribution in [0.3, 0.4) is 0 Å². The maximum Gasteiger partial charge on any atom is 0.242 e. The molecule has 0 aromatic heterocycles. The minimum Gasteiger partial charge on any atom is -0.497 e. The van der Waals surface area contributed by atoms with Crippen LogP contribution >= 0.6 is 0 Å². The molecule has 2 aromatic carbocycles. The number of carbonyl (C=O) groups excluding carboxylic acids is 2. The summed E-state index contributed by atoms with van der Waals surface area (Å²) in [6.45, 7) is 2.33. The van der Waals surface area contributed by atoms with Crippen molar-refractivity contribution in [3.05, 3.63) is 65.2 Å². The fourth-order valence-electron chi connectivity index (χ4n) is 4.55. The first kappa shape index (κ1) is 21.0. The Morgan fingerprint density at radius 3 is 2.58 bits per heavy atom. The summed E-state index contributed by atoms with van der Waals surface area (Å²) < 4.78 is 5.23. The van der Waals surface area contributed by atoms with Crippen LogP contribution in [0.25, 0.3) is 0 Å². The summed E-state index contributed by atoms with van der Waals surface area (Å²) in [4.78, 5) is 28.1. The number of piperazine rings is 1. The number of hydrogen-bond acceptors (Lipinski definition) is 4. The second-order valence-electron chi connectivity index (χ2n) is 7.88. The van der Waals surface area contributed by atoms with Crippen molar-refractivity contribution < 1.29 is 19.4 Å². The van der Waals surface area contributed by atoms with Crippen LogP contribution < -0.4 is 4.74 Å². The smallest absolute Gasteiger partial charge is 0.242 e. The second kappa shape index (κ2) is 8.83. The Bertz CT molecular complexity index is 1040. The number of ether oxygens (including phenoxy) is 1. The van der Waals surface area contributed by atoms with E-state index in [1.165, 1.54) is 0 Å². The van der Waals surface area contributed by atoms with Crippen LogP contribution in [0, 0.1) is 11.8 Å². The lowest BCUT2D eigenvalue weighted by atomic mass is 9.73. The lowest BCUT2D eigenvalue weighted by molar-refractivity contribution is -0.166. The van der Waals surface area contributed by atoms with Gasteiger partial charge < -0.3 is 19.6 Å². The zero-order valence-corrected chi connectivity index (χ0v) is 17.7. The van der Waals surface area contributed by atoms with Crippen LogP contribution in [-0.4, -0.2) is 65.6 Å². The van der Waals surface area contributed by atoms with E-state index in [4.69, 9.17) is 4.74 Å².